The molecule has 2 aliphatic heterocycles. The highest BCUT2D eigenvalue weighted by molar-refractivity contribution is 5.88. The van der Waals surface area contributed by atoms with E-state index in [2.05, 4.69) is 5.32 Å². The molecule has 1 unspecified atom stereocenters. The Morgan fingerprint density at radius 1 is 1.07 bits per heavy atom. The quantitative estimate of drug-likeness (QED) is 0.792. The molecule has 158 valence electrons. The van der Waals surface area contributed by atoms with Crippen LogP contribution in [0.1, 0.15) is 24.8 Å². The maximum Gasteiger partial charge on any atom is 0.261 e. The lowest BCUT2D eigenvalue weighted by Crippen LogP contribution is -2.49. The number of carbonyl (C=O) groups excluding carboxylic acids is 2. The first-order chi connectivity index (χ1) is 14.7. The molecule has 1 saturated heterocycles. The van der Waals surface area contributed by atoms with Gasteiger partial charge < -0.3 is 24.4 Å². The molecule has 2 aliphatic rings. The lowest BCUT2D eigenvalue weighted by Gasteiger charge is -2.30. The smallest absolute Gasteiger partial charge is 0.261 e. The van der Waals surface area contributed by atoms with E-state index in [1.165, 1.54) is 0 Å². The molecule has 0 aliphatic carbocycles. The molecule has 1 atom stereocenters. The predicted molar refractivity (Wildman–Crippen MR) is 111 cm³/mol. The number of carbonyl (C=O) groups is 2. The third-order valence-corrected chi connectivity index (χ3v) is 5.27. The third kappa shape index (κ3) is 4.84. The van der Waals surface area contributed by atoms with Crippen molar-refractivity contribution in [2.24, 2.45) is 0 Å². The Kier molecular flexibility index (Phi) is 6.37. The molecule has 2 amide bonds. The second-order valence-corrected chi connectivity index (χ2v) is 7.40. The highest BCUT2D eigenvalue weighted by atomic mass is 16.6. The van der Waals surface area contributed by atoms with Gasteiger partial charge in [-0.1, -0.05) is 24.3 Å². The van der Waals surface area contributed by atoms with E-state index in [4.69, 9.17) is 14.2 Å². The summed E-state index contributed by atoms with van der Waals surface area (Å²) in [4.78, 5) is 27.4. The molecule has 0 bridgehead atoms. The van der Waals surface area contributed by atoms with Gasteiger partial charge in [0.05, 0.1) is 0 Å². The lowest BCUT2D eigenvalue weighted by molar-refractivity contribution is -0.142. The van der Waals surface area contributed by atoms with E-state index in [0.717, 1.165) is 18.4 Å². The van der Waals surface area contributed by atoms with Crippen LogP contribution in [0.5, 0.6) is 17.2 Å². The van der Waals surface area contributed by atoms with E-state index >= 15 is 0 Å². The molecule has 0 saturated carbocycles. The first-order valence-corrected chi connectivity index (χ1v) is 10.3. The molecule has 7 nitrogen and oxygen atoms in total. The van der Waals surface area contributed by atoms with Gasteiger partial charge in [0.2, 0.25) is 5.91 Å². The molecule has 2 aromatic carbocycles. The van der Waals surface area contributed by atoms with Gasteiger partial charge in [-0.05, 0) is 49.1 Å². The maximum absolute atomic E-state index is 13.1. The zero-order chi connectivity index (χ0) is 20.8. The minimum atomic E-state index is -0.521. The number of fused-ring (bicyclic) bond motifs is 1. The van der Waals surface area contributed by atoms with Gasteiger partial charge >= 0.3 is 0 Å². The van der Waals surface area contributed by atoms with Crippen LogP contribution in [-0.4, -0.2) is 49.1 Å². The number of rotatable bonds is 6. The Bertz CT molecular complexity index is 886. The summed E-state index contributed by atoms with van der Waals surface area (Å²) in [5.74, 6) is 1.64. The van der Waals surface area contributed by atoms with E-state index in [0.29, 0.717) is 50.0 Å². The number of benzene rings is 2. The Hall–Kier alpha value is -3.22. The van der Waals surface area contributed by atoms with Crippen molar-refractivity contribution in [3.63, 3.8) is 0 Å². The number of hydrogen-bond donors (Lipinski definition) is 1. The second-order valence-electron chi connectivity index (χ2n) is 7.40. The van der Waals surface area contributed by atoms with Crippen molar-refractivity contribution in [1.29, 1.82) is 0 Å². The second kappa shape index (κ2) is 9.52. The molecule has 7 heteroatoms. The first kappa shape index (κ1) is 20.1. The zero-order valence-electron chi connectivity index (χ0n) is 16.8. The average Bonchev–Trinajstić information content (AvgIpc) is 3.00. The summed E-state index contributed by atoms with van der Waals surface area (Å²) in [6.07, 6.45) is 2.43. The molecule has 0 spiro atoms. The normalized spacial score (nSPS) is 18.1. The zero-order valence-corrected chi connectivity index (χ0v) is 16.8. The molecule has 1 N–H and O–H groups in total. The van der Waals surface area contributed by atoms with Crippen LogP contribution in [-0.2, 0) is 16.1 Å². The molecule has 0 radical (unpaired) electrons. The molecular weight excluding hydrogens is 384 g/mol. The van der Waals surface area contributed by atoms with Crippen molar-refractivity contribution in [2.45, 2.75) is 31.8 Å². The number of ether oxygens (including phenoxy) is 3. The standard InChI is InChI=1S/C23H26N2O5/c26-22(16-30-18-6-2-1-3-7-18)25(19-8-4-5-11-24-23(19)27)15-17-9-10-20-21(14-17)29-13-12-28-20/h1-3,6-7,9-10,14,19H,4-5,8,11-13,15-16H2,(H,24,27). The van der Waals surface area contributed by atoms with E-state index < -0.39 is 6.04 Å². The fraction of sp³-hybridized carbons (Fsp3) is 0.391. The maximum atomic E-state index is 13.1. The summed E-state index contributed by atoms with van der Waals surface area (Å²) in [7, 11) is 0. The Balaban J connectivity index is 1.53. The van der Waals surface area contributed by atoms with Crippen molar-refractivity contribution in [1.82, 2.24) is 10.2 Å². The fourth-order valence-corrected chi connectivity index (χ4v) is 3.72. The summed E-state index contributed by atoms with van der Waals surface area (Å²) in [5, 5.41) is 2.92. The summed E-state index contributed by atoms with van der Waals surface area (Å²) < 4.78 is 16.9. The summed E-state index contributed by atoms with van der Waals surface area (Å²) >= 11 is 0. The van der Waals surface area contributed by atoms with Crippen LogP contribution in [0.4, 0.5) is 0 Å². The topological polar surface area (TPSA) is 77.1 Å². The van der Waals surface area contributed by atoms with Crippen LogP contribution in [0.3, 0.4) is 0 Å². The molecule has 1 fully saturated rings. The largest absolute Gasteiger partial charge is 0.486 e. The molecule has 4 rings (SSSR count). The van der Waals surface area contributed by atoms with E-state index in [1.807, 2.05) is 36.4 Å². The number of nitrogens with one attached hydrogen (secondary N) is 1. The number of para-hydroxylation sites is 1. The van der Waals surface area contributed by atoms with Gasteiger partial charge in [-0.3, -0.25) is 9.59 Å². The Labute approximate surface area is 175 Å². The van der Waals surface area contributed by atoms with Gasteiger partial charge in [-0.15, -0.1) is 0 Å². The highest BCUT2D eigenvalue weighted by Gasteiger charge is 2.31. The van der Waals surface area contributed by atoms with E-state index in [9.17, 15) is 9.59 Å². The fourth-order valence-electron chi connectivity index (χ4n) is 3.72. The van der Waals surface area contributed by atoms with Crippen molar-refractivity contribution >= 4 is 11.8 Å². The summed E-state index contributed by atoms with van der Waals surface area (Å²) in [6, 6.07) is 14.3. The van der Waals surface area contributed by atoms with Crippen LogP contribution in [0.25, 0.3) is 0 Å². The van der Waals surface area contributed by atoms with Gasteiger partial charge in [0.25, 0.3) is 5.91 Å². The SMILES string of the molecule is O=C1NCCCCC1N(Cc1ccc2c(c1)OCCO2)C(=O)COc1ccccc1. The van der Waals surface area contributed by atoms with Crippen molar-refractivity contribution in [2.75, 3.05) is 26.4 Å². The molecular formula is C23H26N2O5. The number of amides is 2. The van der Waals surface area contributed by atoms with Gasteiger partial charge in [0, 0.05) is 13.1 Å². The highest BCUT2D eigenvalue weighted by Crippen LogP contribution is 2.31. The average molecular weight is 410 g/mol. The van der Waals surface area contributed by atoms with E-state index in [1.54, 1.807) is 17.0 Å². The van der Waals surface area contributed by atoms with Crippen LogP contribution in [0, 0.1) is 0 Å². The van der Waals surface area contributed by atoms with Crippen LogP contribution in [0.15, 0.2) is 48.5 Å². The van der Waals surface area contributed by atoms with Gasteiger partial charge in [0.15, 0.2) is 18.1 Å². The monoisotopic (exact) mass is 410 g/mol. The van der Waals surface area contributed by atoms with Crippen LogP contribution < -0.4 is 19.5 Å². The summed E-state index contributed by atoms with van der Waals surface area (Å²) in [5.41, 5.74) is 0.879. The van der Waals surface area contributed by atoms with Crippen LogP contribution in [0.2, 0.25) is 0 Å². The van der Waals surface area contributed by atoms with Crippen molar-refractivity contribution < 1.29 is 23.8 Å². The summed E-state index contributed by atoms with van der Waals surface area (Å²) in [6.45, 7) is 1.83. The Morgan fingerprint density at radius 2 is 1.87 bits per heavy atom. The molecule has 2 aromatic rings. The number of hydrogen-bond acceptors (Lipinski definition) is 5. The minimum absolute atomic E-state index is 0.113. The molecule has 2 heterocycles. The Morgan fingerprint density at radius 3 is 2.70 bits per heavy atom. The first-order valence-electron chi connectivity index (χ1n) is 10.3. The van der Waals surface area contributed by atoms with Crippen molar-refractivity contribution in [3.05, 3.63) is 54.1 Å². The van der Waals surface area contributed by atoms with Gasteiger partial charge in [0.1, 0.15) is 25.0 Å². The van der Waals surface area contributed by atoms with Crippen molar-refractivity contribution in [3.8, 4) is 17.2 Å². The van der Waals surface area contributed by atoms with E-state index in [-0.39, 0.29) is 18.4 Å². The number of nitrogens with zero attached hydrogens (tertiary/aromatic N) is 1. The van der Waals surface area contributed by atoms with Gasteiger partial charge in [-0.2, -0.15) is 0 Å². The minimum Gasteiger partial charge on any atom is -0.486 e. The molecule has 0 aromatic heterocycles. The third-order valence-electron chi connectivity index (χ3n) is 5.27. The predicted octanol–water partition coefficient (Wildman–Crippen LogP) is 2.53. The lowest BCUT2D eigenvalue weighted by atomic mass is 10.1. The van der Waals surface area contributed by atoms with Crippen LogP contribution >= 0.6 is 0 Å². The van der Waals surface area contributed by atoms with Gasteiger partial charge in [-0.25, -0.2) is 0 Å². The molecule has 30 heavy (non-hydrogen) atoms.